The van der Waals surface area contributed by atoms with E-state index in [0.717, 1.165) is 27.7 Å². The molecule has 0 radical (unpaired) electrons. The van der Waals surface area contributed by atoms with Crippen molar-refractivity contribution in [2.75, 3.05) is 19.0 Å². The summed E-state index contributed by atoms with van der Waals surface area (Å²) >= 11 is 5.91. The Bertz CT molecular complexity index is 1680. The number of carbonyl (C=O) groups is 2. The summed E-state index contributed by atoms with van der Waals surface area (Å²) in [6.45, 7) is 0. The Kier molecular flexibility index (Phi) is 7.43. The van der Waals surface area contributed by atoms with Gasteiger partial charge in [-0.1, -0.05) is 54.1 Å². The zero-order valence-electron chi connectivity index (χ0n) is 21.3. The number of rotatable bonds is 7. The summed E-state index contributed by atoms with van der Waals surface area (Å²) in [5, 5.41) is 5.62. The molecule has 4 aromatic carbocycles. The summed E-state index contributed by atoms with van der Waals surface area (Å²) in [7, 11) is 3.95. The number of esters is 1. The highest BCUT2D eigenvalue weighted by Gasteiger charge is 2.20. The zero-order valence-corrected chi connectivity index (χ0v) is 22.1. The second-order valence-corrected chi connectivity index (χ2v) is 9.44. The van der Waals surface area contributed by atoms with Crippen LogP contribution in [0.5, 0.6) is 5.75 Å². The Morgan fingerprint density at radius 2 is 1.64 bits per heavy atom. The van der Waals surface area contributed by atoms with Crippen LogP contribution in [0.4, 0.5) is 5.69 Å². The minimum absolute atomic E-state index is 0.308. The molecule has 0 fully saturated rings. The molecular weight excluding hydrogens is 512 g/mol. The maximum absolute atomic E-state index is 13.3. The lowest BCUT2D eigenvalue weighted by Crippen LogP contribution is -2.19. The van der Waals surface area contributed by atoms with Crippen LogP contribution in [0.1, 0.15) is 26.4 Å². The predicted molar refractivity (Wildman–Crippen MR) is 156 cm³/mol. The maximum Gasteiger partial charge on any atom is 0.343 e. The molecule has 7 nitrogen and oxygen atoms in total. The van der Waals surface area contributed by atoms with Crippen molar-refractivity contribution in [3.05, 3.63) is 119 Å². The number of aromatic nitrogens is 1. The Morgan fingerprint density at radius 3 is 2.38 bits per heavy atom. The fourth-order valence-electron chi connectivity index (χ4n) is 4.17. The Morgan fingerprint density at radius 1 is 0.923 bits per heavy atom. The number of H-pyrrole nitrogens is 1. The third kappa shape index (κ3) is 5.68. The molecule has 0 aliphatic rings. The molecule has 0 aliphatic carbocycles. The van der Waals surface area contributed by atoms with Gasteiger partial charge in [0.2, 0.25) is 0 Å². The lowest BCUT2D eigenvalue weighted by Gasteiger charge is -2.12. The standard InChI is InChI=1S/C31H25ClN4O3/c1-36(2)24-16-17-26-25(18-24)28(20-8-4-3-5-9-20)29(34-26)30(37)35-33-19-22-10-6-7-11-27(22)39-31(38)21-12-14-23(32)15-13-21/h3-19,34H,1-2H3,(H,35,37). The van der Waals surface area contributed by atoms with Gasteiger partial charge in [-0.3, -0.25) is 4.79 Å². The molecule has 1 amide bonds. The van der Waals surface area contributed by atoms with Crippen molar-refractivity contribution in [2.24, 2.45) is 5.10 Å². The summed E-state index contributed by atoms with van der Waals surface area (Å²) in [5.41, 5.74) is 7.46. The minimum atomic E-state index is -0.528. The molecule has 0 saturated carbocycles. The molecule has 0 saturated heterocycles. The van der Waals surface area contributed by atoms with Crippen LogP contribution in [-0.4, -0.2) is 37.2 Å². The Labute approximate surface area is 230 Å². The van der Waals surface area contributed by atoms with Crippen LogP contribution in [0.2, 0.25) is 5.02 Å². The summed E-state index contributed by atoms with van der Waals surface area (Å²) in [6.07, 6.45) is 1.44. The molecule has 0 spiro atoms. The van der Waals surface area contributed by atoms with Crippen LogP contribution in [0.15, 0.2) is 102 Å². The highest BCUT2D eigenvalue weighted by atomic mass is 35.5. The number of hydrogen-bond acceptors (Lipinski definition) is 5. The first-order valence-electron chi connectivity index (χ1n) is 12.2. The second kappa shape index (κ2) is 11.2. The number of hydrazone groups is 1. The molecule has 0 aliphatic heterocycles. The quantitative estimate of drug-likeness (QED) is 0.107. The average molecular weight is 537 g/mol. The number of benzene rings is 4. The van der Waals surface area contributed by atoms with E-state index in [1.807, 2.05) is 61.5 Å². The number of nitrogens with one attached hydrogen (secondary N) is 2. The van der Waals surface area contributed by atoms with Crippen LogP contribution in [0.25, 0.3) is 22.0 Å². The van der Waals surface area contributed by atoms with Crippen molar-refractivity contribution in [3.63, 3.8) is 0 Å². The van der Waals surface area contributed by atoms with Gasteiger partial charge in [0.1, 0.15) is 11.4 Å². The van der Waals surface area contributed by atoms with Crippen LogP contribution in [0, 0.1) is 0 Å². The summed E-state index contributed by atoms with van der Waals surface area (Å²) < 4.78 is 5.56. The van der Waals surface area contributed by atoms with E-state index in [-0.39, 0.29) is 0 Å². The predicted octanol–water partition coefficient (Wildman–Crippen LogP) is 6.54. The topological polar surface area (TPSA) is 86.8 Å². The fourth-order valence-corrected chi connectivity index (χ4v) is 4.30. The number of amides is 1. The van der Waals surface area contributed by atoms with Gasteiger partial charge in [-0.25, -0.2) is 10.2 Å². The lowest BCUT2D eigenvalue weighted by molar-refractivity contribution is 0.0734. The van der Waals surface area contributed by atoms with E-state index in [1.165, 1.54) is 6.21 Å². The first-order valence-corrected chi connectivity index (χ1v) is 12.6. The number of ether oxygens (including phenoxy) is 1. The highest BCUT2D eigenvalue weighted by Crippen LogP contribution is 2.34. The molecule has 194 valence electrons. The summed E-state index contributed by atoms with van der Waals surface area (Å²) in [4.78, 5) is 31.2. The van der Waals surface area contributed by atoms with E-state index < -0.39 is 11.9 Å². The monoisotopic (exact) mass is 536 g/mol. The molecule has 0 bridgehead atoms. The van der Waals surface area contributed by atoms with Crippen LogP contribution < -0.4 is 15.1 Å². The normalized spacial score (nSPS) is 11.1. The van der Waals surface area contributed by atoms with Gasteiger partial charge >= 0.3 is 5.97 Å². The van der Waals surface area contributed by atoms with Gasteiger partial charge in [0.15, 0.2) is 0 Å². The minimum Gasteiger partial charge on any atom is -0.422 e. The van der Waals surface area contributed by atoms with Gasteiger partial charge in [0.05, 0.1) is 11.8 Å². The van der Waals surface area contributed by atoms with Gasteiger partial charge in [-0.2, -0.15) is 5.10 Å². The molecule has 0 atom stereocenters. The van der Waals surface area contributed by atoms with Crippen LogP contribution in [-0.2, 0) is 0 Å². The van der Waals surface area contributed by atoms with E-state index in [2.05, 4.69) is 21.6 Å². The number of anilines is 1. The van der Waals surface area contributed by atoms with Gasteiger partial charge in [0, 0.05) is 46.8 Å². The number of fused-ring (bicyclic) bond motifs is 1. The van der Waals surface area contributed by atoms with Crippen molar-refractivity contribution in [3.8, 4) is 16.9 Å². The number of nitrogens with zero attached hydrogens (tertiary/aromatic N) is 2. The number of para-hydroxylation sites is 1. The second-order valence-electron chi connectivity index (χ2n) is 9.00. The number of hydrogen-bond donors (Lipinski definition) is 2. The van der Waals surface area contributed by atoms with E-state index in [4.69, 9.17) is 16.3 Å². The molecule has 5 aromatic rings. The Balaban J connectivity index is 1.40. The molecule has 0 unspecified atom stereocenters. The van der Waals surface area contributed by atoms with Crippen molar-refractivity contribution < 1.29 is 14.3 Å². The van der Waals surface area contributed by atoms with E-state index in [0.29, 0.717) is 27.6 Å². The molecule has 8 heteroatoms. The van der Waals surface area contributed by atoms with Crippen LogP contribution >= 0.6 is 11.6 Å². The third-order valence-corrected chi connectivity index (χ3v) is 6.41. The van der Waals surface area contributed by atoms with E-state index in [9.17, 15) is 9.59 Å². The van der Waals surface area contributed by atoms with Crippen molar-refractivity contribution in [1.29, 1.82) is 0 Å². The third-order valence-electron chi connectivity index (χ3n) is 6.16. The Hall–Kier alpha value is -4.88. The fraction of sp³-hybridized carbons (Fsp3) is 0.0645. The van der Waals surface area contributed by atoms with E-state index in [1.54, 1.807) is 48.5 Å². The molecule has 1 aromatic heterocycles. The number of aromatic amines is 1. The first kappa shape index (κ1) is 25.8. The number of carbonyl (C=O) groups excluding carboxylic acids is 2. The van der Waals surface area contributed by atoms with Gasteiger partial charge in [-0.05, 0) is 60.2 Å². The largest absolute Gasteiger partial charge is 0.422 e. The molecule has 39 heavy (non-hydrogen) atoms. The average Bonchev–Trinajstić information content (AvgIpc) is 3.34. The SMILES string of the molecule is CN(C)c1ccc2[nH]c(C(=O)NN=Cc3ccccc3OC(=O)c3ccc(Cl)cc3)c(-c3ccccc3)c2c1. The zero-order chi connectivity index (χ0) is 27.4. The van der Waals surface area contributed by atoms with E-state index >= 15 is 0 Å². The van der Waals surface area contributed by atoms with Gasteiger partial charge in [-0.15, -0.1) is 0 Å². The lowest BCUT2D eigenvalue weighted by atomic mass is 10.0. The van der Waals surface area contributed by atoms with Crippen LogP contribution in [0.3, 0.4) is 0 Å². The smallest absolute Gasteiger partial charge is 0.343 e. The highest BCUT2D eigenvalue weighted by molar-refractivity contribution is 6.30. The van der Waals surface area contributed by atoms with Crippen molar-refractivity contribution >= 4 is 46.3 Å². The number of halogens is 1. The van der Waals surface area contributed by atoms with Crippen molar-refractivity contribution in [2.45, 2.75) is 0 Å². The van der Waals surface area contributed by atoms with Crippen molar-refractivity contribution in [1.82, 2.24) is 10.4 Å². The van der Waals surface area contributed by atoms with Gasteiger partial charge < -0.3 is 14.6 Å². The molecule has 1 heterocycles. The van der Waals surface area contributed by atoms with Gasteiger partial charge in [0.25, 0.3) is 5.91 Å². The maximum atomic E-state index is 13.3. The summed E-state index contributed by atoms with van der Waals surface area (Å²) in [6, 6.07) is 29.1. The molecule has 5 rings (SSSR count). The molecular formula is C31H25ClN4O3. The molecule has 2 N–H and O–H groups in total. The summed E-state index contributed by atoms with van der Waals surface area (Å²) in [5.74, 6) is -0.621. The first-order chi connectivity index (χ1) is 18.9.